The van der Waals surface area contributed by atoms with E-state index in [1.54, 1.807) is 6.92 Å². The highest BCUT2D eigenvalue weighted by Gasteiger charge is 2.38. The van der Waals surface area contributed by atoms with Gasteiger partial charge in [0.2, 0.25) is 5.89 Å². The summed E-state index contributed by atoms with van der Waals surface area (Å²) < 4.78 is 4.98. The van der Waals surface area contributed by atoms with Crippen molar-refractivity contribution >= 4 is 5.96 Å². The highest BCUT2D eigenvalue weighted by Crippen LogP contribution is 2.31. The van der Waals surface area contributed by atoms with E-state index < -0.39 is 0 Å². The molecule has 2 atom stereocenters. The summed E-state index contributed by atoms with van der Waals surface area (Å²) in [6.45, 7) is 9.74. The van der Waals surface area contributed by atoms with Gasteiger partial charge >= 0.3 is 0 Å². The highest BCUT2D eigenvalue weighted by molar-refractivity contribution is 5.80. The first-order valence-electron chi connectivity index (χ1n) is 8.23. The Bertz CT molecular complexity index is 524. The molecule has 1 saturated carbocycles. The lowest BCUT2D eigenvalue weighted by molar-refractivity contribution is 0.315. The van der Waals surface area contributed by atoms with Gasteiger partial charge in [0.15, 0.2) is 11.8 Å². The maximum atomic E-state index is 4.98. The molecule has 0 aromatic carbocycles. The minimum Gasteiger partial charge on any atom is -0.357 e. The van der Waals surface area contributed by atoms with Crippen LogP contribution in [0.1, 0.15) is 38.4 Å². The number of hydrogen-bond donors (Lipinski definition) is 2. The largest absolute Gasteiger partial charge is 0.357 e. The summed E-state index contributed by atoms with van der Waals surface area (Å²) in [5, 5.41) is 10.7. The Morgan fingerprint density at radius 3 is 2.86 bits per heavy atom. The molecule has 2 N–H and O–H groups in total. The molecule has 1 aromatic rings. The lowest BCUT2D eigenvalue weighted by Crippen LogP contribution is -2.46. The molecule has 2 unspecified atom stereocenters. The van der Waals surface area contributed by atoms with Gasteiger partial charge in [-0.3, -0.25) is 4.90 Å². The lowest BCUT2D eigenvalue weighted by atomic mass is 10.1. The summed E-state index contributed by atoms with van der Waals surface area (Å²) in [6, 6.07) is 1.28. The molecule has 0 amide bonds. The van der Waals surface area contributed by atoms with Crippen LogP contribution in [0.15, 0.2) is 9.52 Å². The number of aryl methyl sites for hydroxylation is 1. The SMILES string of the molecule is CCNC(=NCc1noc(C)n1)NC1CN(C2CC2)CC1C. The molecule has 7 heteroatoms. The average molecular weight is 306 g/mol. The van der Waals surface area contributed by atoms with Crippen LogP contribution < -0.4 is 10.6 Å². The van der Waals surface area contributed by atoms with Crippen molar-refractivity contribution in [2.45, 2.75) is 52.2 Å². The van der Waals surface area contributed by atoms with E-state index in [-0.39, 0.29) is 0 Å². The summed E-state index contributed by atoms with van der Waals surface area (Å²) >= 11 is 0. The minimum absolute atomic E-state index is 0.431. The van der Waals surface area contributed by atoms with Crippen LogP contribution in [0, 0.1) is 12.8 Å². The first-order chi connectivity index (χ1) is 10.7. The Balaban J connectivity index is 1.58. The number of aromatic nitrogens is 2. The zero-order valence-corrected chi connectivity index (χ0v) is 13.7. The normalized spacial score (nSPS) is 26.4. The first kappa shape index (κ1) is 15.3. The average Bonchev–Trinajstić information content (AvgIpc) is 3.16. The third kappa shape index (κ3) is 3.76. The number of likely N-dealkylation sites (tertiary alicyclic amines) is 1. The Hall–Kier alpha value is -1.63. The fraction of sp³-hybridized carbons (Fsp3) is 0.800. The Morgan fingerprint density at radius 1 is 1.41 bits per heavy atom. The van der Waals surface area contributed by atoms with Gasteiger partial charge in [0, 0.05) is 38.6 Å². The smallest absolute Gasteiger partial charge is 0.223 e. The van der Waals surface area contributed by atoms with Crippen LogP contribution in [0.2, 0.25) is 0 Å². The molecule has 0 spiro atoms. The van der Waals surface area contributed by atoms with Crippen molar-refractivity contribution in [1.29, 1.82) is 0 Å². The summed E-state index contributed by atoms with van der Waals surface area (Å²) in [7, 11) is 0. The van der Waals surface area contributed by atoms with Crippen molar-refractivity contribution in [2.75, 3.05) is 19.6 Å². The molecule has 2 heterocycles. The number of guanidine groups is 1. The molecule has 22 heavy (non-hydrogen) atoms. The Labute approximate surface area is 131 Å². The van der Waals surface area contributed by atoms with E-state index in [2.05, 4.69) is 44.5 Å². The van der Waals surface area contributed by atoms with Crippen LogP contribution in [0.5, 0.6) is 0 Å². The Morgan fingerprint density at radius 2 is 2.23 bits per heavy atom. The van der Waals surface area contributed by atoms with Gasteiger partial charge in [-0.15, -0.1) is 0 Å². The molecule has 122 valence electrons. The van der Waals surface area contributed by atoms with Crippen molar-refractivity contribution in [3.8, 4) is 0 Å². The molecule has 1 aliphatic heterocycles. The third-order valence-electron chi connectivity index (χ3n) is 4.32. The third-order valence-corrected chi connectivity index (χ3v) is 4.32. The van der Waals surface area contributed by atoms with Gasteiger partial charge in [-0.05, 0) is 25.7 Å². The molecular formula is C15H26N6O. The lowest BCUT2D eigenvalue weighted by Gasteiger charge is -2.20. The van der Waals surface area contributed by atoms with Crippen molar-refractivity contribution in [3.63, 3.8) is 0 Å². The van der Waals surface area contributed by atoms with Crippen molar-refractivity contribution in [2.24, 2.45) is 10.9 Å². The van der Waals surface area contributed by atoms with Crippen LogP contribution in [0.3, 0.4) is 0 Å². The van der Waals surface area contributed by atoms with E-state index in [0.29, 0.717) is 30.2 Å². The zero-order chi connectivity index (χ0) is 15.5. The molecule has 0 radical (unpaired) electrons. The van der Waals surface area contributed by atoms with E-state index in [9.17, 15) is 0 Å². The van der Waals surface area contributed by atoms with Gasteiger partial charge in [0.05, 0.1) is 0 Å². The monoisotopic (exact) mass is 306 g/mol. The maximum Gasteiger partial charge on any atom is 0.223 e. The summed E-state index contributed by atoms with van der Waals surface area (Å²) in [5.74, 6) is 2.66. The van der Waals surface area contributed by atoms with E-state index >= 15 is 0 Å². The number of aliphatic imine (C=N–C) groups is 1. The number of hydrogen-bond acceptors (Lipinski definition) is 5. The predicted octanol–water partition coefficient (Wildman–Crippen LogP) is 0.916. The maximum absolute atomic E-state index is 4.98. The molecule has 7 nitrogen and oxygen atoms in total. The molecule has 1 saturated heterocycles. The van der Waals surface area contributed by atoms with Crippen LogP contribution in [0.25, 0.3) is 0 Å². The van der Waals surface area contributed by atoms with Crippen LogP contribution in [-0.2, 0) is 6.54 Å². The summed E-state index contributed by atoms with van der Waals surface area (Å²) in [4.78, 5) is 11.4. The predicted molar refractivity (Wildman–Crippen MR) is 84.5 cm³/mol. The van der Waals surface area contributed by atoms with Crippen LogP contribution in [0.4, 0.5) is 0 Å². The molecule has 2 fully saturated rings. The van der Waals surface area contributed by atoms with Gasteiger partial charge in [-0.2, -0.15) is 4.98 Å². The molecule has 3 rings (SSSR count). The van der Waals surface area contributed by atoms with Crippen molar-refractivity contribution < 1.29 is 4.52 Å². The minimum atomic E-state index is 0.431. The van der Waals surface area contributed by atoms with Crippen molar-refractivity contribution in [1.82, 2.24) is 25.7 Å². The summed E-state index contributed by atoms with van der Waals surface area (Å²) in [6.07, 6.45) is 2.73. The van der Waals surface area contributed by atoms with Gasteiger partial charge < -0.3 is 15.2 Å². The molecule has 1 aromatic heterocycles. The van der Waals surface area contributed by atoms with E-state index in [0.717, 1.165) is 25.1 Å². The Kier molecular flexibility index (Phi) is 4.61. The second-order valence-corrected chi connectivity index (χ2v) is 6.34. The van der Waals surface area contributed by atoms with Gasteiger partial charge in [0.1, 0.15) is 6.54 Å². The standard InChI is InChI=1S/C15H26N6O/c1-4-16-15(17-7-14-18-11(3)22-20-14)19-13-9-21(8-10(13)2)12-5-6-12/h10,12-13H,4-9H2,1-3H3,(H2,16,17,19). The summed E-state index contributed by atoms with van der Waals surface area (Å²) in [5.41, 5.74) is 0. The fourth-order valence-electron chi connectivity index (χ4n) is 2.98. The molecular weight excluding hydrogens is 280 g/mol. The zero-order valence-electron chi connectivity index (χ0n) is 13.7. The fourth-order valence-corrected chi connectivity index (χ4v) is 2.98. The highest BCUT2D eigenvalue weighted by atomic mass is 16.5. The molecule has 0 bridgehead atoms. The quantitative estimate of drug-likeness (QED) is 0.622. The second kappa shape index (κ2) is 6.64. The second-order valence-electron chi connectivity index (χ2n) is 6.34. The number of rotatable bonds is 5. The number of nitrogens with zero attached hydrogens (tertiary/aromatic N) is 4. The van der Waals surface area contributed by atoms with Crippen molar-refractivity contribution in [3.05, 3.63) is 11.7 Å². The van der Waals surface area contributed by atoms with E-state index in [4.69, 9.17) is 4.52 Å². The topological polar surface area (TPSA) is 78.6 Å². The van der Waals surface area contributed by atoms with Gasteiger partial charge in [-0.1, -0.05) is 12.1 Å². The first-order valence-corrected chi connectivity index (χ1v) is 8.23. The number of nitrogens with one attached hydrogen (secondary N) is 2. The van der Waals surface area contributed by atoms with E-state index in [1.807, 2.05) is 0 Å². The van der Waals surface area contributed by atoms with Gasteiger partial charge in [-0.25, -0.2) is 4.99 Å². The van der Waals surface area contributed by atoms with Crippen LogP contribution >= 0.6 is 0 Å². The van der Waals surface area contributed by atoms with Crippen LogP contribution in [-0.4, -0.2) is 52.7 Å². The van der Waals surface area contributed by atoms with Gasteiger partial charge in [0.25, 0.3) is 0 Å². The molecule has 2 aliphatic rings. The van der Waals surface area contributed by atoms with E-state index in [1.165, 1.54) is 19.4 Å². The molecule has 1 aliphatic carbocycles.